The number of hydrogen-bond donors (Lipinski definition) is 0. The van der Waals surface area contributed by atoms with Crippen LogP contribution in [0.15, 0.2) is 170 Å². The molecule has 8 aromatic carbocycles. The highest BCUT2D eigenvalue weighted by Crippen LogP contribution is 2.44. The van der Waals surface area contributed by atoms with Crippen LogP contribution >= 0.6 is 22.7 Å². The number of fused-ring (bicyclic) bond motifs is 12. The number of benzene rings is 8. The molecule has 12 aromatic rings. The number of aromatic nitrogens is 2. The van der Waals surface area contributed by atoms with Gasteiger partial charge in [-0.3, -0.25) is 0 Å². The largest absolute Gasteiger partial charge is 0.309 e. The van der Waals surface area contributed by atoms with E-state index in [1.807, 2.05) is 22.7 Å². The van der Waals surface area contributed by atoms with E-state index in [0.717, 1.165) is 0 Å². The lowest BCUT2D eigenvalue weighted by Crippen LogP contribution is -1.92. The average molecular weight is 697 g/mol. The van der Waals surface area contributed by atoms with Crippen LogP contribution in [-0.2, 0) is 0 Å². The Morgan fingerprint density at radius 3 is 1.42 bits per heavy atom. The predicted molar refractivity (Wildman–Crippen MR) is 226 cm³/mol. The first-order valence-corrected chi connectivity index (χ1v) is 19.3. The van der Waals surface area contributed by atoms with Crippen LogP contribution in [0.2, 0.25) is 0 Å². The van der Waals surface area contributed by atoms with E-state index in [9.17, 15) is 0 Å². The molecular weight excluding hydrogens is 669 g/mol. The van der Waals surface area contributed by atoms with Gasteiger partial charge in [0.2, 0.25) is 0 Å². The zero-order valence-corrected chi connectivity index (χ0v) is 29.5. The van der Waals surface area contributed by atoms with Crippen molar-refractivity contribution in [3.8, 4) is 22.5 Å². The van der Waals surface area contributed by atoms with Crippen LogP contribution in [0.4, 0.5) is 0 Å². The molecule has 0 fully saturated rings. The van der Waals surface area contributed by atoms with E-state index in [1.54, 1.807) is 0 Å². The van der Waals surface area contributed by atoms with Crippen LogP contribution in [0.1, 0.15) is 0 Å². The molecule has 0 aliphatic rings. The average Bonchev–Trinajstić information content (AvgIpc) is 3.93. The lowest BCUT2D eigenvalue weighted by atomic mass is 10.00. The number of thiophene rings is 2. The van der Waals surface area contributed by atoms with Gasteiger partial charge in [0, 0.05) is 73.3 Å². The highest BCUT2D eigenvalue weighted by Gasteiger charge is 2.18. The summed E-state index contributed by atoms with van der Waals surface area (Å²) < 4.78 is 10.1. The summed E-state index contributed by atoms with van der Waals surface area (Å²) in [5.41, 5.74) is 9.81. The van der Waals surface area contributed by atoms with E-state index in [-0.39, 0.29) is 0 Å². The highest BCUT2D eigenvalue weighted by molar-refractivity contribution is 7.26. The topological polar surface area (TPSA) is 9.86 Å². The van der Waals surface area contributed by atoms with Gasteiger partial charge in [-0.05, 0) is 96.1 Å². The Morgan fingerprint density at radius 2 is 0.731 bits per heavy atom. The van der Waals surface area contributed by atoms with Crippen molar-refractivity contribution in [3.05, 3.63) is 170 Å². The van der Waals surface area contributed by atoms with Crippen molar-refractivity contribution in [2.24, 2.45) is 0 Å². The minimum absolute atomic E-state index is 1.18. The van der Waals surface area contributed by atoms with Gasteiger partial charge < -0.3 is 9.13 Å². The fourth-order valence-electron chi connectivity index (χ4n) is 8.55. The third-order valence-electron chi connectivity index (χ3n) is 10.9. The van der Waals surface area contributed by atoms with Crippen LogP contribution in [0.5, 0.6) is 0 Å². The Balaban J connectivity index is 1.09. The van der Waals surface area contributed by atoms with E-state index in [2.05, 4.69) is 179 Å². The molecule has 0 spiro atoms. The fraction of sp³-hybridized carbons (Fsp3) is 0. The summed E-state index contributed by atoms with van der Waals surface area (Å²) in [6.45, 7) is 0. The molecule has 0 saturated heterocycles. The maximum atomic E-state index is 2.44. The van der Waals surface area contributed by atoms with Gasteiger partial charge >= 0.3 is 0 Å². The fourth-order valence-corrected chi connectivity index (χ4v) is 10.8. The molecule has 0 aliphatic carbocycles. The molecule has 0 unspecified atom stereocenters. The standard InChI is InChI=1S/C48H28N2S2/c1-3-11-31(12-4-1)49-41-17-9-7-15-33(41)36-25-40-38-24-30(20-22-46(38)52-48(40)27-43(36)49)29-19-21-42-35(23-29)37-26-39-34-16-8-10-18-45(34)51-47(39)28-44(37)50(42)32-13-5-2-6-14-32/h1-28H. The molecule has 4 aromatic heterocycles. The maximum absolute atomic E-state index is 2.44. The van der Waals surface area contributed by atoms with Crippen molar-refractivity contribution in [3.63, 3.8) is 0 Å². The number of para-hydroxylation sites is 3. The van der Waals surface area contributed by atoms with Crippen molar-refractivity contribution < 1.29 is 0 Å². The second-order valence-electron chi connectivity index (χ2n) is 13.7. The van der Waals surface area contributed by atoms with Gasteiger partial charge in [-0.2, -0.15) is 0 Å². The van der Waals surface area contributed by atoms with Crippen LogP contribution in [-0.4, -0.2) is 9.13 Å². The van der Waals surface area contributed by atoms with Crippen LogP contribution in [0, 0.1) is 0 Å². The molecule has 2 nitrogen and oxygen atoms in total. The van der Waals surface area contributed by atoms with Gasteiger partial charge in [0.25, 0.3) is 0 Å². The SMILES string of the molecule is c1ccc(-n2c3ccccc3c3cc4c(cc32)sc2ccc(-c3ccc5c(c3)c3cc6c(cc3n5-c3ccccc3)sc3ccccc36)cc24)cc1. The zero-order chi connectivity index (χ0) is 33.9. The van der Waals surface area contributed by atoms with Crippen molar-refractivity contribution in [2.75, 3.05) is 0 Å². The minimum Gasteiger partial charge on any atom is -0.309 e. The quantitative estimate of drug-likeness (QED) is 0.174. The van der Waals surface area contributed by atoms with Gasteiger partial charge in [0.15, 0.2) is 0 Å². The number of nitrogens with zero attached hydrogens (tertiary/aromatic N) is 2. The van der Waals surface area contributed by atoms with Crippen LogP contribution in [0.3, 0.4) is 0 Å². The summed E-state index contributed by atoms with van der Waals surface area (Å²) in [5, 5.41) is 10.4. The van der Waals surface area contributed by atoms with Crippen LogP contribution in [0.25, 0.3) is 106 Å². The normalized spacial score (nSPS) is 12.2. The van der Waals surface area contributed by atoms with Crippen molar-refractivity contribution in [2.45, 2.75) is 0 Å². The molecule has 0 atom stereocenters. The molecule has 0 bridgehead atoms. The molecular formula is C48H28N2S2. The third-order valence-corrected chi connectivity index (χ3v) is 13.2. The monoisotopic (exact) mass is 696 g/mol. The highest BCUT2D eigenvalue weighted by atomic mass is 32.1. The molecule has 52 heavy (non-hydrogen) atoms. The molecule has 0 radical (unpaired) electrons. The smallest absolute Gasteiger partial charge is 0.0555 e. The van der Waals surface area contributed by atoms with Crippen LogP contribution < -0.4 is 0 Å². The molecule has 242 valence electrons. The van der Waals surface area contributed by atoms with Gasteiger partial charge in [0.05, 0.1) is 22.1 Å². The molecule has 0 aliphatic heterocycles. The summed E-state index contributed by atoms with van der Waals surface area (Å²) in [6, 6.07) is 62.9. The van der Waals surface area contributed by atoms with E-state index in [0.29, 0.717) is 0 Å². The van der Waals surface area contributed by atoms with E-state index >= 15 is 0 Å². The summed E-state index contributed by atoms with van der Waals surface area (Å²) in [4.78, 5) is 0. The minimum atomic E-state index is 1.18. The Morgan fingerprint density at radius 1 is 0.269 bits per heavy atom. The van der Waals surface area contributed by atoms with Gasteiger partial charge in [-0.25, -0.2) is 0 Å². The Labute approximate surface area is 306 Å². The molecule has 0 saturated carbocycles. The van der Waals surface area contributed by atoms with Crippen molar-refractivity contribution in [1.29, 1.82) is 0 Å². The van der Waals surface area contributed by atoms with E-state index in [1.165, 1.54) is 106 Å². The summed E-state index contributed by atoms with van der Waals surface area (Å²) in [7, 11) is 0. The summed E-state index contributed by atoms with van der Waals surface area (Å²) in [5.74, 6) is 0. The third kappa shape index (κ3) is 3.99. The Kier molecular flexibility index (Phi) is 5.84. The molecule has 4 heterocycles. The maximum Gasteiger partial charge on any atom is 0.0555 e. The lowest BCUT2D eigenvalue weighted by Gasteiger charge is -2.08. The predicted octanol–water partition coefficient (Wildman–Crippen LogP) is 14.3. The molecule has 4 heteroatoms. The Hall–Kier alpha value is -6.20. The Bertz CT molecular complexity index is 3400. The molecule has 12 rings (SSSR count). The number of hydrogen-bond acceptors (Lipinski definition) is 2. The first kappa shape index (κ1) is 28.5. The number of rotatable bonds is 3. The first-order chi connectivity index (χ1) is 25.8. The first-order valence-electron chi connectivity index (χ1n) is 17.7. The summed E-state index contributed by atoms with van der Waals surface area (Å²) in [6.07, 6.45) is 0. The summed E-state index contributed by atoms with van der Waals surface area (Å²) >= 11 is 3.77. The molecule has 0 amide bonds. The van der Waals surface area contributed by atoms with Gasteiger partial charge in [-0.15, -0.1) is 22.7 Å². The zero-order valence-electron chi connectivity index (χ0n) is 27.9. The van der Waals surface area contributed by atoms with Gasteiger partial charge in [0.1, 0.15) is 0 Å². The lowest BCUT2D eigenvalue weighted by molar-refractivity contribution is 1.18. The van der Waals surface area contributed by atoms with Crippen molar-refractivity contribution >= 4 is 107 Å². The second-order valence-corrected chi connectivity index (χ2v) is 15.9. The molecule has 0 N–H and O–H groups in total. The van der Waals surface area contributed by atoms with E-state index in [4.69, 9.17) is 0 Å². The second kappa shape index (κ2) is 10.7. The van der Waals surface area contributed by atoms with E-state index < -0.39 is 0 Å². The van der Waals surface area contributed by atoms with Gasteiger partial charge in [-0.1, -0.05) is 84.9 Å². The van der Waals surface area contributed by atoms with Crippen molar-refractivity contribution in [1.82, 2.24) is 9.13 Å².